The molecule has 7 heteroatoms. The molecule has 0 N–H and O–H groups in total. The van der Waals surface area contributed by atoms with Gasteiger partial charge in [-0.05, 0) is 6.07 Å². The predicted octanol–water partition coefficient (Wildman–Crippen LogP) is 1.20. The minimum Gasteiger partial charge on any atom is -0.497 e. The number of methoxy groups -OCH3 is 2. The number of hydrogen-bond acceptors (Lipinski definition) is 6. The number of ether oxygens (including phenoxy) is 3. The van der Waals surface area contributed by atoms with Crippen molar-refractivity contribution in [2.75, 3.05) is 27.4 Å². The monoisotopic (exact) mass is 255 g/mol. The molecule has 1 aromatic rings. The molecule has 1 aromatic carbocycles. The molecule has 0 radical (unpaired) electrons. The number of hydrogen-bond donors (Lipinski definition) is 0. The molecule has 0 unspecified atom stereocenters. The second-order valence-electron chi connectivity index (χ2n) is 3.35. The first-order chi connectivity index (χ1) is 8.58. The van der Waals surface area contributed by atoms with Gasteiger partial charge in [-0.1, -0.05) is 0 Å². The van der Waals surface area contributed by atoms with Gasteiger partial charge >= 0.3 is 5.69 Å². The number of nitro groups is 1. The fourth-order valence-corrected chi connectivity index (χ4v) is 1.25. The van der Waals surface area contributed by atoms with E-state index in [2.05, 4.69) is 4.74 Å². The molecule has 0 amide bonds. The van der Waals surface area contributed by atoms with Gasteiger partial charge in [0.2, 0.25) is 5.75 Å². The SMILES string of the molecule is COCC(=O)COc1cc(OC)ccc1[N+](=O)[O-]. The molecule has 1 rings (SSSR count). The second-order valence-corrected chi connectivity index (χ2v) is 3.35. The Morgan fingerprint density at radius 1 is 1.33 bits per heavy atom. The number of nitro benzene ring substituents is 1. The van der Waals surface area contributed by atoms with E-state index in [9.17, 15) is 14.9 Å². The molecule has 0 heterocycles. The first-order valence-electron chi connectivity index (χ1n) is 5.04. The van der Waals surface area contributed by atoms with Gasteiger partial charge in [0.1, 0.15) is 19.0 Å². The normalized spacial score (nSPS) is 9.89. The Labute approximate surface area is 103 Å². The van der Waals surface area contributed by atoms with Crippen molar-refractivity contribution in [3.63, 3.8) is 0 Å². The highest BCUT2D eigenvalue weighted by Crippen LogP contribution is 2.30. The smallest absolute Gasteiger partial charge is 0.311 e. The summed E-state index contributed by atoms with van der Waals surface area (Å²) in [5.74, 6) is 0.0909. The highest BCUT2D eigenvalue weighted by atomic mass is 16.6. The van der Waals surface area contributed by atoms with Crippen molar-refractivity contribution in [1.82, 2.24) is 0 Å². The minimum absolute atomic E-state index is 0.0104. The summed E-state index contributed by atoms with van der Waals surface area (Å²) in [7, 11) is 2.81. The fourth-order valence-electron chi connectivity index (χ4n) is 1.25. The van der Waals surface area contributed by atoms with Crippen LogP contribution in [-0.4, -0.2) is 38.1 Å². The van der Waals surface area contributed by atoms with Crippen LogP contribution in [0.1, 0.15) is 0 Å². The van der Waals surface area contributed by atoms with E-state index in [1.165, 1.54) is 32.4 Å². The minimum atomic E-state index is -0.588. The van der Waals surface area contributed by atoms with Crippen LogP contribution in [0.15, 0.2) is 18.2 Å². The summed E-state index contributed by atoms with van der Waals surface area (Å²) < 4.78 is 14.7. The van der Waals surface area contributed by atoms with Gasteiger partial charge in [-0.25, -0.2) is 0 Å². The van der Waals surface area contributed by atoms with Crippen LogP contribution in [0.25, 0.3) is 0 Å². The molecule has 0 atom stereocenters. The Bertz CT molecular complexity index is 445. The summed E-state index contributed by atoms with van der Waals surface area (Å²) in [4.78, 5) is 21.4. The number of rotatable bonds is 7. The van der Waals surface area contributed by atoms with Gasteiger partial charge in [0.15, 0.2) is 5.78 Å². The molecule has 98 valence electrons. The lowest BCUT2D eigenvalue weighted by Gasteiger charge is -2.07. The maximum Gasteiger partial charge on any atom is 0.311 e. The highest BCUT2D eigenvalue weighted by molar-refractivity contribution is 5.81. The van der Waals surface area contributed by atoms with Gasteiger partial charge < -0.3 is 14.2 Å². The van der Waals surface area contributed by atoms with E-state index in [4.69, 9.17) is 9.47 Å². The number of carbonyl (C=O) groups excluding carboxylic acids is 1. The van der Waals surface area contributed by atoms with Crippen LogP contribution in [0.5, 0.6) is 11.5 Å². The first-order valence-corrected chi connectivity index (χ1v) is 5.04. The zero-order valence-corrected chi connectivity index (χ0v) is 10.0. The standard InChI is InChI=1S/C11H13NO6/c1-16-6-8(13)7-18-11-5-9(17-2)3-4-10(11)12(14)15/h3-5H,6-7H2,1-2H3. The number of carbonyl (C=O) groups is 1. The third kappa shape index (κ3) is 3.70. The highest BCUT2D eigenvalue weighted by Gasteiger charge is 2.17. The molecule has 0 saturated heterocycles. The number of benzene rings is 1. The Balaban J connectivity index is 2.84. The zero-order valence-electron chi connectivity index (χ0n) is 10.0. The lowest BCUT2D eigenvalue weighted by atomic mass is 10.3. The molecule has 0 aliphatic carbocycles. The van der Waals surface area contributed by atoms with Crippen molar-refractivity contribution in [1.29, 1.82) is 0 Å². The van der Waals surface area contributed by atoms with Crippen LogP contribution in [0.3, 0.4) is 0 Å². The summed E-state index contributed by atoms with van der Waals surface area (Å²) in [6, 6.07) is 4.06. The lowest BCUT2D eigenvalue weighted by Crippen LogP contribution is -2.16. The van der Waals surface area contributed by atoms with E-state index in [0.717, 1.165) is 0 Å². The van der Waals surface area contributed by atoms with E-state index < -0.39 is 4.92 Å². The van der Waals surface area contributed by atoms with E-state index >= 15 is 0 Å². The van der Waals surface area contributed by atoms with Gasteiger partial charge in [-0.3, -0.25) is 14.9 Å². The Morgan fingerprint density at radius 2 is 2.06 bits per heavy atom. The molecule has 0 aliphatic rings. The molecule has 0 saturated carbocycles. The Morgan fingerprint density at radius 3 is 2.61 bits per heavy atom. The first kappa shape index (κ1) is 13.9. The summed E-state index contributed by atoms with van der Waals surface area (Å²) in [6.07, 6.45) is 0. The molecular weight excluding hydrogens is 242 g/mol. The maximum absolute atomic E-state index is 11.2. The summed E-state index contributed by atoms with van der Waals surface area (Å²) in [5.41, 5.74) is -0.221. The molecule has 0 aliphatic heterocycles. The third-order valence-corrected chi connectivity index (χ3v) is 2.06. The van der Waals surface area contributed by atoms with Gasteiger partial charge in [0, 0.05) is 19.2 Å². The van der Waals surface area contributed by atoms with E-state index in [1.807, 2.05) is 0 Å². The van der Waals surface area contributed by atoms with Crippen molar-refractivity contribution in [2.24, 2.45) is 0 Å². The largest absolute Gasteiger partial charge is 0.497 e. The molecule has 0 bridgehead atoms. The molecule has 0 fully saturated rings. The van der Waals surface area contributed by atoms with Crippen molar-refractivity contribution in [2.45, 2.75) is 0 Å². The van der Waals surface area contributed by atoms with E-state index in [1.54, 1.807) is 0 Å². The lowest BCUT2D eigenvalue weighted by molar-refractivity contribution is -0.385. The van der Waals surface area contributed by atoms with Crippen LogP contribution < -0.4 is 9.47 Å². The zero-order chi connectivity index (χ0) is 13.5. The quantitative estimate of drug-likeness (QED) is 0.537. The van der Waals surface area contributed by atoms with Crippen molar-refractivity contribution >= 4 is 11.5 Å². The number of nitrogens with zero attached hydrogens (tertiary/aromatic N) is 1. The van der Waals surface area contributed by atoms with Crippen molar-refractivity contribution in [3.05, 3.63) is 28.3 Å². The predicted molar refractivity (Wildman–Crippen MR) is 62.0 cm³/mol. The third-order valence-electron chi connectivity index (χ3n) is 2.06. The topological polar surface area (TPSA) is 87.9 Å². The molecule has 0 aromatic heterocycles. The van der Waals surface area contributed by atoms with Crippen LogP contribution in [0.2, 0.25) is 0 Å². The number of ketones is 1. The van der Waals surface area contributed by atoms with Crippen LogP contribution >= 0.6 is 0 Å². The second kappa shape index (κ2) is 6.55. The van der Waals surface area contributed by atoms with Gasteiger partial charge in [0.25, 0.3) is 0 Å². The molecule has 7 nitrogen and oxygen atoms in total. The average Bonchev–Trinajstić information content (AvgIpc) is 2.36. The fraction of sp³-hybridized carbons (Fsp3) is 0.364. The summed E-state index contributed by atoms with van der Waals surface area (Å²) in [6.45, 7) is -0.389. The molecular formula is C11H13NO6. The maximum atomic E-state index is 11.2. The van der Waals surface area contributed by atoms with Crippen molar-refractivity contribution in [3.8, 4) is 11.5 Å². The number of Topliss-reactive ketones (excluding diaryl/α,β-unsaturated/α-hetero) is 1. The summed E-state index contributed by atoms with van der Waals surface area (Å²) >= 11 is 0. The summed E-state index contributed by atoms with van der Waals surface area (Å²) in [5, 5.41) is 10.8. The van der Waals surface area contributed by atoms with E-state index in [-0.39, 0.29) is 30.4 Å². The Hall–Kier alpha value is -2.15. The molecule has 0 spiro atoms. The van der Waals surface area contributed by atoms with Gasteiger partial charge in [-0.2, -0.15) is 0 Å². The molecule has 18 heavy (non-hydrogen) atoms. The van der Waals surface area contributed by atoms with Crippen LogP contribution in [-0.2, 0) is 9.53 Å². The van der Waals surface area contributed by atoms with Crippen molar-refractivity contribution < 1.29 is 23.9 Å². The average molecular weight is 255 g/mol. The van der Waals surface area contributed by atoms with Crippen LogP contribution in [0.4, 0.5) is 5.69 Å². The van der Waals surface area contributed by atoms with Gasteiger partial charge in [-0.15, -0.1) is 0 Å². The van der Waals surface area contributed by atoms with E-state index in [0.29, 0.717) is 5.75 Å². The van der Waals surface area contributed by atoms with Crippen LogP contribution in [0, 0.1) is 10.1 Å². The Kier molecular flexibility index (Phi) is 5.06. The van der Waals surface area contributed by atoms with Gasteiger partial charge in [0.05, 0.1) is 12.0 Å².